The highest BCUT2D eigenvalue weighted by Gasteiger charge is 2.44. The van der Waals surface area contributed by atoms with E-state index in [1.54, 1.807) is 7.11 Å². The molecular weight excluding hydrogens is 939 g/mol. The van der Waals surface area contributed by atoms with E-state index in [9.17, 15) is 4.79 Å². The van der Waals surface area contributed by atoms with Crippen molar-refractivity contribution in [1.29, 1.82) is 0 Å². The Labute approximate surface area is 426 Å². The van der Waals surface area contributed by atoms with Gasteiger partial charge in [0.05, 0.1) is 17.5 Å². The highest BCUT2D eigenvalue weighted by molar-refractivity contribution is 6.03. The van der Waals surface area contributed by atoms with Gasteiger partial charge in [0.15, 0.2) is 17.2 Å². The first kappa shape index (κ1) is 52.9. The van der Waals surface area contributed by atoms with Gasteiger partial charge in [0, 0.05) is 83.7 Å². The van der Waals surface area contributed by atoms with Crippen molar-refractivity contribution in [1.82, 2.24) is 9.97 Å². The van der Waals surface area contributed by atoms with E-state index in [2.05, 4.69) is 157 Å². The Morgan fingerprint density at radius 2 is 1.59 bits per heavy atom. The van der Waals surface area contributed by atoms with Gasteiger partial charge in [-0.15, -0.1) is 6.42 Å². The zero-order valence-corrected chi connectivity index (χ0v) is 43.5. The topological polar surface area (TPSA) is 98.1 Å². The number of fused-ring (bicyclic) bond motifs is 3. The second kappa shape index (κ2) is 24.9. The number of esters is 1. The largest absolute Gasteiger partial charge is 1.00 e. The third-order valence-corrected chi connectivity index (χ3v) is 12.9. The van der Waals surface area contributed by atoms with E-state index in [4.69, 9.17) is 25.4 Å². The van der Waals surface area contributed by atoms with Gasteiger partial charge in [-0.3, -0.25) is 4.79 Å². The van der Waals surface area contributed by atoms with E-state index >= 15 is 0 Å². The van der Waals surface area contributed by atoms with E-state index in [0.717, 1.165) is 61.8 Å². The first-order valence-electron chi connectivity index (χ1n) is 24.3. The summed E-state index contributed by atoms with van der Waals surface area (Å²) in [5.74, 6) is 3.98. The molecule has 366 valence electrons. The van der Waals surface area contributed by atoms with Crippen molar-refractivity contribution in [3.05, 3.63) is 156 Å². The lowest BCUT2D eigenvalue weighted by molar-refractivity contribution is -0.438. The molecule has 1 aromatic heterocycles. The average Bonchev–Trinajstić information content (AvgIpc) is 3.69. The SMILES string of the molecule is C#Cc1cccc(Nc2ncnc3cc(OCCOC)c(OCCOC(=O)CCCCCN4C(=CC=CC=CC=CC5=[N+](CCCC)c6ccccc6C5(C)C)C(C)(C)c5cc(C)ccc54)cc23)c1.[Br-]. The van der Waals surface area contributed by atoms with Crippen LogP contribution >= 0.6 is 0 Å². The average molecular weight is 1010 g/mol. The van der Waals surface area contributed by atoms with Gasteiger partial charge in [0.2, 0.25) is 5.69 Å². The van der Waals surface area contributed by atoms with Crippen LogP contribution in [0.4, 0.5) is 22.9 Å². The van der Waals surface area contributed by atoms with Crippen LogP contribution in [0.3, 0.4) is 0 Å². The molecule has 0 fully saturated rings. The number of carbonyl (C=O) groups excluding carboxylic acids is 1. The molecule has 0 unspecified atom stereocenters. The Balaban J connectivity index is 0.00000804. The summed E-state index contributed by atoms with van der Waals surface area (Å²) in [5.41, 5.74) is 11.2. The predicted octanol–water partition coefficient (Wildman–Crippen LogP) is 9.40. The molecule has 3 heterocycles. The number of unbranched alkanes of at least 4 members (excludes halogenated alkanes) is 3. The number of nitrogens with one attached hydrogen (secondary N) is 1. The lowest BCUT2D eigenvalue weighted by Gasteiger charge is -2.27. The molecule has 11 heteroatoms. The maximum Gasteiger partial charge on any atom is 0.305 e. The summed E-state index contributed by atoms with van der Waals surface area (Å²) >= 11 is 0. The number of nitrogens with zero attached hydrogens (tertiary/aromatic N) is 4. The molecule has 2 aliphatic rings. The summed E-state index contributed by atoms with van der Waals surface area (Å²) in [5, 5.41) is 4.07. The summed E-state index contributed by atoms with van der Waals surface area (Å²) in [7, 11) is 1.62. The third kappa shape index (κ3) is 12.6. The predicted molar refractivity (Wildman–Crippen MR) is 281 cm³/mol. The fourth-order valence-electron chi connectivity index (χ4n) is 9.26. The number of hydrogen-bond acceptors (Lipinski definition) is 9. The molecule has 0 spiro atoms. The molecule has 2 aliphatic heterocycles. The van der Waals surface area contributed by atoms with Gasteiger partial charge >= 0.3 is 5.97 Å². The number of terminal acetylenes is 1. The molecule has 7 rings (SSSR count). The van der Waals surface area contributed by atoms with Crippen LogP contribution in [0, 0.1) is 19.3 Å². The number of para-hydroxylation sites is 1. The Bertz CT molecular complexity index is 2820. The number of rotatable bonds is 23. The molecular formula is C59H68BrN5O5. The third-order valence-electron chi connectivity index (χ3n) is 12.9. The van der Waals surface area contributed by atoms with Crippen LogP contribution in [-0.2, 0) is 25.1 Å². The lowest BCUT2D eigenvalue weighted by Crippen LogP contribution is -3.00. The van der Waals surface area contributed by atoms with Gasteiger partial charge in [-0.1, -0.05) is 112 Å². The minimum Gasteiger partial charge on any atom is -1.00 e. The Morgan fingerprint density at radius 3 is 2.39 bits per heavy atom. The molecule has 4 aromatic carbocycles. The summed E-state index contributed by atoms with van der Waals surface area (Å²) in [6.45, 7) is 16.5. The van der Waals surface area contributed by atoms with E-state index in [-0.39, 0.29) is 47.0 Å². The second-order valence-corrected chi connectivity index (χ2v) is 18.6. The number of aromatic nitrogens is 2. The van der Waals surface area contributed by atoms with Crippen molar-refractivity contribution in [2.24, 2.45) is 0 Å². The van der Waals surface area contributed by atoms with E-state index in [1.807, 2.05) is 36.4 Å². The minimum absolute atomic E-state index is 0. The van der Waals surface area contributed by atoms with Crippen molar-refractivity contribution in [2.45, 2.75) is 90.9 Å². The van der Waals surface area contributed by atoms with Gasteiger partial charge in [-0.05, 0) is 75.6 Å². The van der Waals surface area contributed by atoms with Gasteiger partial charge in [0.25, 0.3) is 0 Å². The zero-order chi connectivity index (χ0) is 48.8. The van der Waals surface area contributed by atoms with Crippen LogP contribution in [0.25, 0.3) is 10.9 Å². The van der Waals surface area contributed by atoms with Gasteiger partial charge < -0.3 is 46.1 Å². The van der Waals surface area contributed by atoms with E-state index in [0.29, 0.717) is 42.5 Å². The second-order valence-electron chi connectivity index (χ2n) is 18.6. The van der Waals surface area contributed by atoms with Crippen LogP contribution in [0.15, 0.2) is 133 Å². The van der Waals surface area contributed by atoms with Crippen molar-refractivity contribution >= 4 is 45.5 Å². The number of anilines is 3. The zero-order valence-electron chi connectivity index (χ0n) is 41.9. The maximum atomic E-state index is 12.9. The Kier molecular flexibility index (Phi) is 18.8. The number of aryl methyl sites for hydroxylation is 1. The smallest absolute Gasteiger partial charge is 0.305 e. The summed E-state index contributed by atoms with van der Waals surface area (Å²) in [6.07, 6.45) is 27.6. The number of allylic oxidation sites excluding steroid dienone is 8. The monoisotopic (exact) mass is 1010 g/mol. The summed E-state index contributed by atoms with van der Waals surface area (Å²) in [4.78, 5) is 24.3. The molecule has 0 atom stereocenters. The van der Waals surface area contributed by atoms with Crippen LogP contribution in [0.1, 0.15) is 95.4 Å². The van der Waals surface area contributed by atoms with Crippen molar-refractivity contribution < 1.29 is 45.3 Å². The number of methoxy groups -OCH3 is 1. The number of benzene rings is 4. The standard InChI is InChI=1S/C59H68N5O5.BrH/c1-9-11-32-63-50-26-20-19-25-47(50)58(4,5)54(63)27-16-13-12-14-17-28-55-59(6,7)48-38-43(3)30-31-51(48)64(55)33-21-15-18-29-56(65)69-37-36-68-52-40-46-49(41-53(52)67-35-34-66-8)60-42-61-57(46)62-45-24-22-23-44(10-2)39-45;/h2,12-14,16-17,19-20,22-28,30-31,38-42H,9,11,15,18,21,29,32-37H2,1,3-8H3,(H,60,61,62);1H/q+1;/p-1. The van der Waals surface area contributed by atoms with Crippen LogP contribution in [0.5, 0.6) is 11.5 Å². The molecule has 0 bridgehead atoms. The first-order chi connectivity index (χ1) is 33.5. The fourth-order valence-corrected chi connectivity index (χ4v) is 9.26. The molecule has 1 N–H and O–H groups in total. The molecule has 70 heavy (non-hydrogen) atoms. The Morgan fingerprint density at radius 1 is 0.814 bits per heavy atom. The molecule has 0 saturated heterocycles. The summed E-state index contributed by atoms with van der Waals surface area (Å²) < 4.78 is 25.5. The van der Waals surface area contributed by atoms with E-state index in [1.165, 1.54) is 45.8 Å². The van der Waals surface area contributed by atoms with Crippen LogP contribution < -0.4 is 36.7 Å². The van der Waals surface area contributed by atoms with Crippen LogP contribution in [0.2, 0.25) is 0 Å². The Hall–Kier alpha value is -6.48. The number of halogens is 1. The molecule has 10 nitrogen and oxygen atoms in total. The van der Waals surface area contributed by atoms with Gasteiger partial charge in [0.1, 0.15) is 38.5 Å². The van der Waals surface area contributed by atoms with Gasteiger partial charge in [-0.2, -0.15) is 4.58 Å². The lowest BCUT2D eigenvalue weighted by atomic mass is 9.81. The van der Waals surface area contributed by atoms with Crippen molar-refractivity contribution in [2.75, 3.05) is 56.8 Å². The maximum absolute atomic E-state index is 12.9. The molecule has 0 saturated carbocycles. The molecule has 0 amide bonds. The normalized spacial score (nSPS) is 15.2. The first-order valence-corrected chi connectivity index (χ1v) is 24.3. The highest BCUT2D eigenvalue weighted by atomic mass is 79.9. The quantitative estimate of drug-likeness (QED) is 0.0226. The van der Waals surface area contributed by atoms with Crippen LogP contribution in [-0.4, -0.2) is 72.9 Å². The molecule has 5 aromatic rings. The minimum atomic E-state index is -0.246. The number of carbonyl (C=O) groups is 1. The van der Waals surface area contributed by atoms with Crippen molar-refractivity contribution in [3.8, 4) is 23.8 Å². The number of hydrogen-bond donors (Lipinski definition) is 1. The number of ether oxygens (including phenoxy) is 4. The highest BCUT2D eigenvalue weighted by Crippen LogP contribution is 2.48. The van der Waals surface area contributed by atoms with E-state index < -0.39 is 0 Å². The molecule has 0 radical (unpaired) electrons. The van der Waals surface area contributed by atoms with Gasteiger partial charge in [-0.25, -0.2) is 9.97 Å². The fraction of sp³-hybridized carbons (Fsp3) is 0.356. The summed E-state index contributed by atoms with van der Waals surface area (Å²) in [6, 6.07) is 26.8. The molecule has 0 aliphatic carbocycles. The van der Waals surface area contributed by atoms with Crippen molar-refractivity contribution in [3.63, 3.8) is 0 Å².